The largest absolute Gasteiger partial charge is 0.326 e. The van der Waals surface area contributed by atoms with Gasteiger partial charge in [-0.25, -0.2) is 4.68 Å². The van der Waals surface area contributed by atoms with Crippen molar-refractivity contribution < 1.29 is 4.79 Å². The molecule has 4 rings (SSSR count). The minimum absolute atomic E-state index is 0.217. The van der Waals surface area contributed by atoms with E-state index in [1.165, 1.54) is 11.3 Å². The third-order valence-electron chi connectivity index (χ3n) is 3.97. The van der Waals surface area contributed by atoms with Crippen molar-refractivity contribution >= 4 is 34.5 Å². The Bertz CT molecular complexity index is 932. The molecule has 0 spiro atoms. The molecule has 3 N–H and O–H groups in total. The number of tetrazole rings is 1. The zero-order chi connectivity index (χ0) is 17.4. The van der Waals surface area contributed by atoms with Crippen LogP contribution in [0, 0.1) is 0 Å². The van der Waals surface area contributed by atoms with Gasteiger partial charge in [0, 0.05) is 17.8 Å². The molecule has 0 unspecified atom stereocenters. The van der Waals surface area contributed by atoms with Gasteiger partial charge in [-0.3, -0.25) is 4.79 Å². The number of hydrogen-bond acceptors (Lipinski definition) is 6. The fourth-order valence-corrected chi connectivity index (χ4v) is 3.73. The summed E-state index contributed by atoms with van der Waals surface area (Å²) >= 11 is 7.29. The standard InChI is InChI=1S/C16H15ClN6OS/c17-14-10(8-18)7-13(25-14)16(24)19-11-3-1-2-9(6-11)15-20-21-22-23(15)12-4-5-12/h1-3,6-7,12H,4-5,8,18H2,(H,19,24). The van der Waals surface area contributed by atoms with E-state index < -0.39 is 0 Å². The van der Waals surface area contributed by atoms with Crippen LogP contribution >= 0.6 is 22.9 Å². The molecule has 0 bridgehead atoms. The Morgan fingerprint density at radius 2 is 2.24 bits per heavy atom. The molecule has 1 saturated carbocycles. The van der Waals surface area contributed by atoms with Gasteiger partial charge in [0.05, 0.1) is 15.3 Å². The smallest absolute Gasteiger partial charge is 0.265 e. The van der Waals surface area contributed by atoms with Gasteiger partial charge in [-0.1, -0.05) is 23.7 Å². The van der Waals surface area contributed by atoms with Gasteiger partial charge in [0.1, 0.15) is 0 Å². The van der Waals surface area contributed by atoms with Crippen molar-refractivity contribution in [3.8, 4) is 11.4 Å². The molecule has 1 amide bonds. The lowest BCUT2D eigenvalue weighted by molar-refractivity contribution is 0.103. The number of amides is 1. The molecule has 2 heterocycles. The van der Waals surface area contributed by atoms with Gasteiger partial charge >= 0.3 is 0 Å². The summed E-state index contributed by atoms with van der Waals surface area (Å²) in [5.74, 6) is 0.494. The minimum Gasteiger partial charge on any atom is -0.326 e. The number of anilines is 1. The first-order valence-electron chi connectivity index (χ1n) is 7.83. The number of rotatable bonds is 5. The molecule has 1 aliphatic rings. The highest BCUT2D eigenvalue weighted by atomic mass is 35.5. The number of carbonyl (C=O) groups is 1. The van der Waals surface area contributed by atoms with Crippen LogP contribution in [0.1, 0.15) is 34.1 Å². The molecule has 9 heteroatoms. The van der Waals surface area contributed by atoms with E-state index >= 15 is 0 Å². The van der Waals surface area contributed by atoms with E-state index in [-0.39, 0.29) is 5.91 Å². The summed E-state index contributed by atoms with van der Waals surface area (Å²) < 4.78 is 2.39. The number of carbonyl (C=O) groups excluding carboxylic acids is 1. The minimum atomic E-state index is -0.217. The summed E-state index contributed by atoms with van der Waals surface area (Å²) in [4.78, 5) is 13.0. The fourth-order valence-electron chi connectivity index (χ4n) is 2.54. The molecule has 1 aliphatic carbocycles. The van der Waals surface area contributed by atoms with Gasteiger partial charge in [-0.05, 0) is 47.0 Å². The van der Waals surface area contributed by atoms with E-state index in [2.05, 4.69) is 20.8 Å². The summed E-state index contributed by atoms with van der Waals surface area (Å²) in [5.41, 5.74) is 7.91. The van der Waals surface area contributed by atoms with Gasteiger partial charge in [0.2, 0.25) is 0 Å². The van der Waals surface area contributed by atoms with Crippen molar-refractivity contribution in [2.45, 2.75) is 25.4 Å². The highest BCUT2D eigenvalue weighted by Gasteiger charge is 2.28. The lowest BCUT2D eigenvalue weighted by Crippen LogP contribution is -2.10. The van der Waals surface area contributed by atoms with Crippen LogP contribution in [0.15, 0.2) is 30.3 Å². The lowest BCUT2D eigenvalue weighted by Gasteiger charge is -2.07. The number of benzene rings is 1. The van der Waals surface area contributed by atoms with Crippen molar-refractivity contribution in [3.63, 3.8) is 0 Å². The Balaban J connectivity index is 1.57. The highest BCUT2D eigenvalue weighted by molar-refractivity contribution is 7.18. The van der Waals surface area contributed by atoms with Gasteiger partial charge in [0.25, 0.3) is 5.91 Å². The van der Waals surface area contributed by atoms with E-state index in [9.17, 15) is 4.79 Å². The SMILES string of the molecule is NCc1cc(C(=O)Nc2cccc(-c3nnnn3C3CC3)c2)sc1Cl. The molecular weight excluding hydrogens is 360 g/mol. The Morgan fingerprint density at radius 1 is 1.40 bits per heavy atom. The molecule has 25 heavy (non-hydrogen) atoms. The second kappa shape index (κ2) is 6.55. The predicted molar refractivity (Wildman–Crippen MR) is 96.7 cm³/mol. The zero-order valence-electron chi connectivity index (χ0n) is 13.1. The lowest BCUT2D eigenvalue weighted by atomic mass is 10.2. The van der Waals surface area contributed by atoms with E-state index in [1.807, 2.05) is 28.9 Å². The van der Waals surface area contributed by atoms with E-state index in [0.29, 0.717) is 33.3 Å². The molecule has 7 nitrogen and oxygen atoms in total. The van der Waals surface area contributed by atoms with Crippen molar-refractivity contribution in [1.29, 1.82) is 0 Å². The molecule has 0 saturated heterocycles. The van der Waals surface area contributed by atoms with Gasteiger partial charge in [0.15, 0.2) is 5.82 Å². The van der Waals surface area contributed by atoms with E-state index in [0.717, 1.165) is 24.0 Å². The number of hydrogen-bond donors (Lipinski definition) is 2. The van der Waals surface area contributed by atoms with Crippen LogP contribution in [0.2, 0.25) is 4.34 Å². The molecule has 1 fully saturated rings. The third-order valence-corrected chi connectivity index (χ3v) is 5.40. The average molecular weight is 375 g/mol. The van der Waals surface area contributed by atoms with Crippen LogP contribution < -0.4 is 11.1 Å². The summed E-state index contributed by atoms with van der Waals surface area (Å²) in [7, 11) is 0. The second-order valence-corrected chi connectivity index (χ2v) is 7.48. The number of halogens is 1. The van der Waals surface area contributed by atoms with Gasteiger partial charge in [-0.2, -0.15) is 0 Å². The molecule has 128 valence electrons. The number of nitrogens with one attached hydrogen (secondary N) is 1. The van der Waals surface area contributed by atoms with Crippen LogP contribution in [0.5, 0.6) is 0 Å². The summed E-state index contributed by atoms with van der Waals surface area (Å²) in [6.45, 7) is 0.307. The quantitative estimate of drug-likeness (QED) is 0.714. The van der Waals surface area contributed by atoms with Crippen molar-refractivity contribution in [2.24, 2.45) is 5.73 Å². The van der Waals surface area contributed by atoms with Crippen molar-refractivity contribution in [1.82, 2.24) is 20.2 Å². The van der Waals surface area contributed by atoms with Gasteiger partial charge < -0.3 is 11.1 Å². The van der Waals surface area contributed by atoms with Crippen LogP contribution in [0.25, 0.3) is 11.4 Å². The predicted octanol–water partition coefficient (Wildman–Crippen LogP) is 3.10. The normalized spacial score (nSPS) is 13.8. The Morgan fingerprint density at radius 3 is 2.96 bits per heavy atom. The third kappa shape index (κ3) is 3.28. The van der Waals surface area contributed by atoms with Crippen molar-refractivity contribution in [3.05, 3.63) is 45.1 Å². The van der Waals surface area contributed by atoms with Crippen molar-refractivity contribution in [2.75, 3.05) is 5.32 Å². The maximum absolute atomic E-state index is 12.4. The summed E-state index contributed by atoms with van der Waals surface area (Å²) in [6, 6.07) is 9.58. The van der Waals surface area contributed by atoms with Crippen LogP contribution in [-0.4, -0.2) is 26.1 Å². The molecule has 3 aromatic rings. The van der Waals surface area contributed by atoms with Crippen LogP contribution in [-0.2, 0) is 6.54 Å². The second-order valence-electron chi connectivity index (χ2n) is 5.83. The van der Waals surface area contributed by atoms with E-state index in [4.69, 9.17) is 17.3 Å². The topological polar surface area (TPSA) is 98.7 Å². The number of thiophene rings is 1. The molecular formula is C16H15ClN6OS. The first-order chi connectivity index (χ1) is 12.2. The highest BCUT2D eigenvalue weighted by Crippen LogP contribution is 2.37. The Hall–Kier alpha value is -2.29. The summed E-state index contributed by atoms with van der Waals surface area (Å²) in [5, 5.41) is 14.8. The summed E-state index contributed by atoms with van der Waals surface area (Å²) in [6.07, 6.45) is 2.19. The molecule has 1 aromatic carbocycles. The molecule has 0 atom stereocenters. The molecule has 0 radical (unpaired) electrons. The van der Waals surface area contributed by atoms with Crippen LogP contribution in [0.4, 0.5) is 5.69 Å². The molecule has 2 aromatic heterocycles. The fraction of sp³-hybridized carbons (Fsp3) is 0.250. The van der Waals surface area contributed by atoms with Gasteiger partial charge in [-0.15, -0.1) is 16.4 Å². The van der Waals surface area contributed by atoms with E-state index in [1.54, 1.807) is 6.07 Å². The Kier molecular flexibility index (Phi) is 4.24. The number of nitrogens with zero attached hydrogens (tertiary/aromatic N) is 4. The number of nitrogens with two attached hydrogens (primary N) is 1. The maximum atomic E-state index is 12.4. The maximum Gasteiger partial charge on any atom is 0.265 e. The average Bonchev–Trinajstić information content (AvgIpc) is 3.21. The number of aromatic nitrogens is 4. The monoisotopic (exact) mass is 374 g/mol. The first kappa shape index (κ1) is 16.2. The Labute approximate surface area is 152 Å². The van der Waals surface area contributed by atoms with Crippen LogP contribution in [0.3, 0.4) is 0 Å². The molecule has 0 aliphatic heterocycles. The first-order valence-corrected chi connectivity index (χ1v) is 9.03. The zero-order valence-corrected chi connectivity index (χ0v) is 14.7.